The molecule has 1 saturated heterocycles. The van der Waals surface area contributed by atoms with E-state index in [0.29, 0.717) is 10.7 Å². The summed E-state index contributed by atoms with van der Waals surface area (Å²) < 4.78 is 10.8. The quantitative estimate of drug-likeness (QED) is 0.828. The fraction of sp³-hybridized carbons (Fsp3) is 0.412. The topological polar surface area (TPSA) is 71.4 Å². The molecular weight excluding hydrogens is 328 g/mol. The number of hydrogen-bond donors (Lipinski definition) is 1. The Labute approximate surface area is 145 Å². The van der Waals surface area contributed by atoms with Gasteiger partial charge < -0.3 is 19.5 Å². The summed E-state index contributed by atoms with van der Waals surface area (Å²) in [5, 5.41) is 10.4. The van der Waals surface area contributed by atoms with Crippen molar-refractivity contribution in [2.45, 2.75) is 26.1 Å². The maximum atomic E-state index is 12.2. The van der Waals surface area contributed by atoms with Gasteiger partial charge >= 0.3 is 0 Å². The average Bonchev–Trinajstić information content (AvgIpc) is 2.89. The lowest BCUT2D eigenvalue weighted by Crippen LogP contribution is -2.47. The Balaban J connectivity index is 1.77. The van der Waals surface area contributed by atoms with Gasteiger partial charge in [-0.05, 0) is 49.4 Å². The van der Waals surface area contributed by atoms with Crippen molar-refractivity contribution in [3.8, 4) is 11.5 Å². The van der Waals surface area contributed by atoms with E-state index in [4.69, 9.17) is 9.47 Å². The molecule has 0 aromatic heterocycles. The number of hydrogen-bond acceptors (Lipinski definition) is 6. The Bertz CT molecular complexity index is 707. The first kappa shape index (κ1) is 16.9. The Morgan fingerprint density at radius 2 is 2.08 bits per heavy atom. The van der Waals surface area contributed by atoms with Crippen LogP contribution in [0.1, 0.15) is 19.4 Å². The highest BCUT2D eigenvalue weighted by atomic mass is 32.2. The molecule has 2 unspecified atom stereocenters. The highest BCUT2D eigenvalue weighted by molar-refractivity contribution is 8.18. The first-order chi connectivity index (χ1) is 11.5. The van der Waals surface area contributed by atoms with Gasteiger partial charge in [0.05, 0.1) is 24.2 Å². The number of amides is 1. The van der Waals surface area contributed by atoms with Gasteiger partial charge in [-0.15, -0.1) is 0 Å². The van der Waals surface area contributed by atoms with E-state index < -0.39 is 0 Å². The summed E-state index contributed by atoms with van der Waals surface area (Å²) in [6, 6.07) is 4.96. The monoisotopic (exact) mass is 348 g/mol. The van der Waals surface area contributed by atoms with Crippen LogP contribution in [0.5, 0.6) is 11.5 Å². The molecule has 128 valence electrons. The van der Waals surface area contributed by atoms with E-state index in [1.54, 1.807) is 24.3 Å². The number of phenols is 1. The van der Waals surface area contributed by atoms with Gasteiger partial charge in [-0.25, -0.2) is 0 Å². The molecule has 1 N–H and O–H groups in total. The molecule has 2 aliphatic heterocycles. The molecule has 3 rings (SSSR count). The standard InChI is InChI=1S/C17H20N2O4S/c1-10-8-19(9-11(2)23-10)17-18-16(21)15(24-17)7-12-4-5-13(20)14(6-12)22-3/h4-7,10-11,20H,8-9H2,1-3H3. The average molecular weight is 348 g/mol. The van der Waals surface area contributed by atoms with Crippen LogP contribution in [0, 0.1) is 0 Å². The van der Waals surface area contributed by atoms with Crippen molar-refractivity contribution >= 4 is 28.9 Å². The molecule has 2 heterocycles. The minimum Gasteiger partial charge on any atom is -0.504 e. The maximum Gasteiger partial charge on any atom is 0.286 e. The molecule has 1 fully saturated rings. The third-order valence-corrected chi connectivity index (χ3v) is 4.85. The highest BCUT2D eigenvalue weighted by Gasteiger charge is 2.31. The molecule has 6 nitrogen and oxygen atoms in total. The van der Waals surface area contributed by atoms with Crippen LogP contribution >= 0.6 is 11.8 Å². The lowest BCUT2D eigenvalue weighted by Gasteiger charge is -2.35. The number of carbonyl (C=O) groups is 1. The van der Waals surface area contributed by atoms with Crippen LogP contribution < -0.4 is 4.74 Å². The van der Waals surface area contributed by atoms with E-state index in [-0.39, 0.29) is 23.9 Å². The summed E-state index contributed by atoms with van der Waals surface area (Å²) in [6.45, 7) is 5.49. The number of aliphatic imine (C=N–C) groups is 1. The van der Waals surface area contributed by atoms with E-state index in [1.165, 1.54) is 18.9 Å². The van der Waals surface area contributed by atoms with Crippen LogP contribution in [-0.2, 0) is 9.53 Å². The molecule has 1 aromatic rings. The van der Waals surface area contributed by atoms with Gasteiger partial charge in [0, 0.05) is 13.1 Å². The molecule has 0 aliphatic carbocycles. The molecule has 7 heteroatoms. The summed E-state index contributed by atoms with van der Waals surface area (Å²) in [5.41, 5.74) is 0.778. The van der Waals surface area contributed by atoms with Crippen molar-refractivity contribution in [2.75, 3.05) is 20.2 Å². The van der Waals surface area contributed by atoms with Crippen LogP contribution in [0.15, 0.2) is 28.1 Å². The second kappa shape index (κ2) is 6.86. The molecule has 1 aromatic carbocycles. The Morgan fingerprint density at radius 3 is 2.75 bits per heavy atom. The largest absolute Gasteiger partial charge is 0.504 e. The van der Waals surface area contributed by atoms with Crippen molar-refractivity contribution in [1.29, 1.82) is 0 Å². The minimum absolute atomic E-state index is 0.0679. The molecule has 1 amide bonds. The van der Waals surface area contributed by atoms with Gasteiger partial charge in [-0.3, -0.25) is 4.79 Å². The number of methoxy groups -OCH3 is 1. The van der Waals surface area contributed by atoms with E-state index >= 15 is 0 Å². The normalized spacial score (nSPS) is 26.0. The number of benzene rings is 1. The van der Waals surface area contributed by atoms with Crippen LogP contribution in [0.4, 0.5) is 0 Å². The second-order valence-electron chi connectivity index (χ2n) is 5.90. The summed E-state index contributed by atoms with van der Waals surface area (Å²) in [5.74, 6) is 0.198. The fourth-order valence-corrected chi connectivity index (χ4v) is 3.73. The van der Waals surface area contributed by atoms with Crippen molar-refractivity contribution < 1.29 is 19.4 Å². The van der Waals surface area contributed by atoms with E-state index in [0.717, 1.165) is 23.8 Å². The van der Waals surface area contributed by atoms with Gasteiger partial charge in [0.15, 0.2) is 16.7 Å². The number of morpholine rings is 1. The van der Waals surface area contributed by atoms with Crippen LogP contribution in [0.3, 0.4) is 0 Å². The van der Waals surface area contributed by atoms with Gasteiger partial charge in [-0.1, -0.05) is 6.07 Å². The maximum absolute atomic E-state index is 12.2. The van der Waals surface area contributed by atoms with Crippen molar-refractivity contribution in [3.05, 3.63) is 28.7 Å². The number of ether oxygens (including phenoxy) is 2. The Morgan fingerprint density at radius 1 is 1.38 bits per heavy atom. The molecule has 2 atom stereocenters. The number of nitrogens with zero attached hydrogens (tertiary/aromatic N) is 2. The predicted molar refractivity (Wildman–Crippen MR) is 94.3 cm³/mol. The summed E-state index contributed by atoms with van der Waals surface area (Å²) >= 11 is 1.37. The zero-order chi connectivity index (χ0) is 17.3. The first-order valence-electron chi connectivity index (χ1n) is 7.76. The Kier molecular flexibility index (Phi) is 4.82. The fourth-order valence-electron chi connectivity index (χ4n) is 2.80. The van der Waals surface area contributed by atoms with E-state index in [1.807, 2.05) is 13.8 Å². The zero-order valence-corrected chi connectivity index (χ0v) is 14.7. The number of thioether (sulfide) groups is 1. The van der Waals surface area contributed by atoms with E-state index in [2.05, 4.69) is 9.89 Å². The molecule has 24 heavy (non-hydrogen) atoms. The summed E-state index contributed by atoms with van der Waals surface area (Å²) in [4.78, 5) is 19.0. The van der Waals surface area contributed by atoms with Crippen LogP contribution in [0.25, 0.3) is 6.08 Å². The summed E-state index contributed by atoms with van der Waals surface area (Å²) in [7, 11) is 1.49. The molecular formula is C17H20N2O4S. The van der Waals surface area contributed by atoms with Crippen molar-refractivity contribution in [2.24, 2.45) is 4.99 Å². The number of carbonyl (C=O) groups excluding carboxylic acids is 1. The van der Waals surface area contributed by atoms with Crippen LogP contribution in [-0.4, -0.2) is 53.5 Å². The SMILES string of the molecule is COc1cc(C=C2SC(N3CC(C)OC(C)C3)=NC2=O)ccc1O. The number of amidine groups is 1. The van der Waals surface area contributed by atoms with Crippen LogP contribution in [0.2, 0.25) is 0 Å². The van der Waals surface area contributed by atoms with Gasteiger partial charge in [0.2, 0.25) is 0 Å². The number of aromatic hydroxyl groups is 1. The molecule has 0 radical (unpaired) electrons. The number of phenolic OH excluding ortho intramolecular Hbond substituents is 1. The minimum atomic E-state index is -0.242. The van der Waals surface area contributed by atoms with Crippen molar-refractivity contribution in [1.82, 2.24) is 4.90 Å². The summed E-state index contributed by atoms with van der Waals surface area (Å²) in [6.07, 6.45) is 1.99. The Hall–Kier alpha value is -1.99. The predicted octanol–water partition coefficient (Wildman–Crippen LogP) is 2.48. The van der Waals surface area contributed by atoms with Gasteiger partial charge in [0.25, 0.3) is 5.91 Å². The van der Waals surface area contributed by atoms with E-state index in [9.17, 15) is 9.90 Å². The first-order valence-corrected chi connectivity index (χ1v) is 8.58. The van der Waals surface area contributed by atoms with Crippen molar-refractivity contribution in [3.63, 3.8) is 0 Å². The lowest BCUT2D eigenvalue weighted by molar-refractivity contribution is -0.113. The zero-order valence-electron chi connectivity index (χ0n) is 13.9. The van der Waals surface area contributed by atoms with Gasteiger partial charge in [0.1, 0.15) is 0 Å². The number of rotatable bonds is 2. The molecule has 0 saturated carbocycles. The third-order valence-electron chi connectivity index (χ3n) is 3.80. The lowest BCUT2D eigenvalue weighted by atomic mass is 10.2. The molecule has 0 spiro atoms. The second-order valence-corrected chi connectivity index (χ2v) is 6.91. The third kappa shape index (κ3) is 3.57. The molecule has 0 bridgehead atoms. The van der Waals surface area contributed by atoms with Gasteiger partial charge in [-0.2, -0.15) is 4.99 Å². The smallest absolute Gasteiger partial charge is 0.286 e. The molecule has 2 aliphatic rings. The highest BCUT2D eigenvalue weighted by Crippen LogP contribution is 2.33.